The fraction of sp³-hybridized carbons (Fsp3) is 0.692. The van der Waals surface area contributed by atoms with Crippen LogP contribution in [0.15, 0.2) is 12.1 Å². The average molecular weight is 239 g/mol. The van der Waals surface area contributed by atoms with Gasteiger partial charge in [0.25, 0.3) is 0 Å². The fourth-order valence-electron chi connectivity index (χ4n) is 2.02. The van der Waals surface area contributed by atoms with E-state index in [1.165, 1.54) is 16.2 Å². The highest BCUT2D eigenvalue weighted by atomic mass is 32.1. The summed E-state index contributed by atoms with van der Waals surface area (Å²) in [5, 5.41) is 13.4. The van der Waals surface area contributed by atoms with Crippen LogP contribution in [0.2, 0.25) is 0 Å². The van der Waals surface area contributed by atoms with Crippen molar-refractivity contribution in [1.29, 1.82) is 0 Å². The molecule has 2 N–H and O–H groups in total. The second kappa shape index (κ2) is 4.86. The van der Waals surface area contributed by atoms with Gasteiger partial charge in [0.2, 0.25) is 0 Å². The van der Waals surface area contributed by atoms with E-state index >= 15 is 0 Å². The Hall–Kier alpha value is -0.380. The predicted molar refractivity (Wildman–Crippen MR) is 68.9 cm³/mol. The highest BCUT2D eigenvalue weighted by molar-refractivity contribution is 7.12. The molecule has 0 radical (unpaired) electrons. The predicted octanol–water partition coefficient (Wildman–Crippen LogP) is 2.88. The largest absolute Gasteiger partial charge is 0.389 e. The van der Waals surface area contributed by atoms with Crippen LogP contribution in [0.3, 0.4) is 0 Å². The molecule has 0 aliphatic heterocycles. The molecule has 2 nitrogen and oxygen atoms in total. The lowest BCUT2D eigenvalue weighted by molar-refractivity contribution is -0.0328. The third-order valence-corrected chi connectivity index (χ3v) is 4.89. The lowest BCUT2D eigenvalue weighted by atomic mass is 9.80. The number of thiophene rings is 1. The summed E-state index contributed by atoms with van der Waals surface area (Å²) in [4.78, 5) is 2.81. The van der Waals surface area contributed by atoms with Crippen molar-refractivity contribution in [3.63, 3.8) is 0 Å². The maximum atomic E-state index is 10.00. The van der Waals surface area contributed by atoms with Gasteiger partial charge < -0.3 is 10.4 Å². The smallest absolute Gasteiger partial charge is 0.0771 e. The first kappa shape index (κ1) is 12.1. The van der Waals surface area contributed by atoms with Crippen molar-refractivity contribution in [2.24, 2.45) is 0 Å². The van der Waals surface area contributed by atoms with E-state index in [0.717, 1.165) is 25.8 Å². The van der Waals surface area contributed by atoms with Gasteiger partial charge in [0, 0.05) is 22.3 Å². The quantitative estimate of drug-likeness (QED) is 0.828. The monoisotopic (exact) mass is 239 g/mol. The Balaban J connectivity index is 1.85. The van der Waals surface area contributed by atoms with E-state index in [-0.39, 0.29) is 0 Å². The van der Waals surface area contributed by atoms with Gasteiger partial charge in [0.05, 0.1) is 5.60 Å². The molecule has 1 unspecified atom stereocenters. The molecule has 0 aromatic carbocycles. The van der Waals surface area contributed by atoms with Crippen LogP contribution in [0.5, 0.6) is 0 Å². The van der Waals surface area contributed by atoms with Crippen LogP contribution in [-0.2, 0) is 6.42 Å². The SMILES string of the molecule is CCc1ccc(C(C)NCC2(O)CCC2)s1. The molecule has 1 heterocycles. The van der Waals surface area contributed by atoms with Gasteiger partial charge in [-0.3, -0.25) is 0 Å². The second-order valence-corrected chi connectivity index (χ2v) is 6.04. The van der Waals surface area contributed by atoms with Gasteiger partial charge in [-0.15, -0.1) is 11.3 Å². The lowest BCUT2D eigenvalue weighted by Gasteiger charge is -2.37. The lowest BCUT2D eigenvalue weighted by Crippen LogP contribution is -2.46. The van der Waals surface area contributed by atoms with Crippen molar-refractivity contribution in [3.05, 3.63) is 21.9 Å². The van der Waals surface area contributed by atoms with Crippen LogP contribution >= 0.6 is 11.3 Å². The summed E-state index contributed by atoms with van der Waals surface area (Å²) in [6, 6.07) is 4.76. The second-order valence-electron chi connectivity index (χ2n) is 4.84. The van der Waals surface area contributed by atoms with Crippen molar-refractivity contribution in [2.75, 3.05) is 6.54 Å². The molecule has 1 aromatic heterocycles. The van der Waals surface area contributed by atoms with Crippen LogP contribution < -0.4 is 5.32 Å². The van der Waals surface area contributed by atoms with E-state index < -0.39 is 5.60 Å². The molecule has 0 saturated heterocycles. The Morgan fingerprint density at radius 3 is 2.75 bits per heavy atom. The summed E-state index contributed by atoms with van der Waals surface area (Å²) >= 11 is 1.87. The Bertz CT molecular complexity index is 343. The molecule has 0 spiro atoms. The molecule has 16 heavy (non-hydrogen) atoms. The first-order valence-corrected chi connectivity index (χ1v) is 6.99. The van der Waals surface area contributed by atoms with Crippen molar-refractivity contribution < 1.29 is 5.11 Å². The van der Waals surface area contributed by atoms with Crippen LogP contribution in [0.1, 0.15) is 48.9 Å². The summed E-state index contributed by atoms with van der Waals surface area (Å²) in [7, 11) is 0. The molecule has 0 amide bonds. The van der Waals surface area contributed by atoms with Gasteiger partial charge in [0.15, 0.2) is 0 Å². The molecule has 0 bridgehead atoms. The van der Waals surface area contributed by atoms with E-state index in [2.05, 4.69) is 31.3 Å². The van der Waals surface area contributed by atoms with Crippen molar-refractivity contribution in [3.8, 4) is 0 Å². The van der Waals surface area contributed by atoms with Crippen LogP contribution in [-0.4, -0.2) is 17.3 Å². The highest BCUT2D eigenvalue weighted by Crippen LogP contribution is 2.31. The summed E-state index contributed by atoms with van der Waals surface area (Å²) < 4.78 is 0. The van der Waals surface area contributed by atoms with Crippen molar-refractivity contribution >= 4 is 11.3 Å². The van der Waals surface area contributed by atoms with Crippen LogP contribution in [0.4, 0.5) is 0 Å². The molecule has 2 rings (SSSR count). The Morgan fingerprint density at radius 1 is 1.50 bits per heavy atom. The zero-order valence-electron chi connectivity index (χ0n) is 10.1. The van der Waals surface area contributed by atoms with Gasteiger partial charge in [-0.05, 0) is 44.7 Å². The summed E-state index contributed by atoms with van der Waals surface area (Å²) in [5.41, 5.74) is -0.418. The topological polar surface area (TPSA) is 32.3 Å². The molecular weight excluding hydrogens is 218 g/mol. The standard InChI is InChI=1S/C13H21NOS/c1-3-11-5-6-12(16-11)10(2)14-9-13(15)7-4-8-13/h5-6,10,14-15H,3-4,7-9H2,1-2H3. The first-order chi connectivity index (χ1) is 7.63. The summed E-state index contributed by atoms with van der Waals surface area (Å²) in [6.45, 7) is 5.09. The third-order valence-electron chi connectivity index (χ3n) is 3.48. The minimum atomic E-state index is -0.418. The Kier molecular flexibility index (Phi) is 3.67. The molecule has 1 aromatic rings. The van der Waals surface area contributed by atoms with Crippen molar-refractivity contribution in [1.82, 2.24) is 5.32 Å². The van der Waals surface area contributed by atoms with Crippen molar-refractivity contribution in [2.45, 2.75) is 51.2 Å². The van der Waals surface area contributed by atoms with E-state index in [4.69, 9.17) is 0 Å². The third kappa shape index (κ3) is 2.65. The van der Waals surface area contributed by atoms with Gasteiger partial charge >= 0.3 is 0 Å². The van der Waals surface area contributed by atoms with Gasteiger partial charge in [-0.25, -0.2) is 0 Å². The summed E-state index contributed by atoms with van der Waals surface area (Å²) in [5.74, 6) is 0. The molecular formula is C13H21NOS. The average Bonchev–Trinajstić information content (AvgIpc) is 2.71. The Labute approximate surface area is 102 Å². The zero-order valence-corrected chi connectivity index (χ0v) is 10.9. The maximum Gasteiger partial charge on any atom is 0.0771 e. The van der Waals surface area contributed by atoms with Gasteiger partial charge in [-0.2, -0.15) is 0 Å². The summed E-state index contributed by atoms with van der Waals surface area (Å²) in [6.07, 6.45) is 4.20. The minimum Gasteiger partial charge on any atom is -0.389 e. The molecule has 1 fully saturated rings. The Morgan fingerprint density at radius 2 is 2.25 bits per heavy atom. The molecule has 90 valence electrons. The minimum absolute atomic E-state index is 0.356. The number of rotatable bonds is 5. The number of hydrogen-bond acceptors (Lipinski definition) is 3. The molecule has 1 aliphatic rings. The molecule has 1 atom stereocenters. The maximum absolute atomic E-state index is 10.00. The van der Waals surface area contributed by atoms with E-state index in [1.807, 2.05) is 11.3 Å². The highest BCUT2D eigenvalue weighted by Gasteiger charge is 2.34. The van der Waals surface area contributed by atoms with Gasteiger partial charge in [0.1, 0.15) is 0 Å². The van der Waals surface area contributed by atoms with E-state index in [1.54, 1.807) is 0 Å². The zero-order chi connectivity index (χ0) is 11.6. The number of aliphatic hydroxyl groups is 1. The van der Waals surface area contributed by atoms with Crippen LogP contribution in [0, 0.1) is 0 Å². The number of nitrogens with one attached hydrogen (secondary N) is 1. The number of hydrogen-bond donors (Lipinski definition) is 2. The molecule has 1 aliphatic carbocycles. The van der Waals surface area contributed by atoms with E-state index in [0.29, 0.717) is 6.04 Å². The van der Waals surface area contributed by atoms with Gasteiger partial charge in [-0.1, -0.05) is 6.92 Å². The van der Waals surface area contributed by atoms with Crippen LogP contribution in [0.25, 0.3) is 0 Å². The number of aryl methyl sites for hydroxylation is 1. The fourth-order valence-corrected chi connectivity index (χ4v) is 3.00. The normalized spacial score (nSPS) is 20.4. The first-order valence-electron chi connectivity index (χ1n) is 6.17. The molecule has 1 saturated carbocycles. The van der Waals surface area contributed by atoms with E-state index in [9.17, 15) is 5.11 Å². The molecule has 3 heteroatoms.